The molecule has 1 aromatic rings. The number of hydrogen-bond acceptors (Lipinski definition) is 3. The number of nitrogens with zero attached hydrogens (tertiary/aromatic N) is 2. The highest BCUT2D eigenvalue weighted by Crippen LogP contribution is 2.12. The number of likely N-dealkylation sites (N-methyl/N-ethyl adjacent to an activating group) is 1. The molecule has 0 amide bonds. The molecule has 0 unspecified atom stereocenters. The second-order valence-corrected chi connectivity index (χ2v) is 4.40. The van der Waals surface area contributed by atoms with E-state index in [0.717, 1.165) is 17.9 Å². The van der Waals surface area contributed by atoms with E-state index >= 15 is 0 Å². The molecule has 92 valence electrons. The van der Waals surface area contributed by atoms with E-state index in [2.05, 4.69) is 31.9 Å². The summed E-state index contributed by atoms with van der Waals surface area (Å²) < 4.78 is 5.64. The lowest BCUT2D eigenvalue weighted by Gasteiger charge is -2.20. The van der Waals surface area contributed by atoms with E-state index in [1.807, 2.05) is 24.3 Å². The second-order valence-electron chi connectivity index (χ2n) is 4.40. The van der Waals surface area contributed by atoms with Crippen LogP contribution in [0.4, 0.5) is 0 Å². The van der Waals surface area contributed by atoms with Gasteiger partial charge in [0.15, 0.2) is 0 Å². The van der Waals surface area contributed by atoms with E-state index in [4.69, 9.17) is 10.00 Å². The van der Waals surface area contributed by atoms with Crippen molar-refractivity contribution >= 4 is 0 Å². The van der Waals surface area contributed by atoms with Gasteiger partial charge >= 0.3 is 0 Å². The first-order chi connectivity index (χ1) is 8.13. The number of rotatable bonds is 6. The molecule has 1 aromatic carbocycles. The Labute approximate surface area is 104 Å². The molecule has 0 radical (unpaired) electrons. The maximum Gasteiger partial charge on any atom is 0.119 e. The predicted octanol–water partition coefficient (Wildman–Crippen LogP) is 2.47. The van der Waals surface area contributed by atoms with Crippen molar-refractivity contribution in [1.29, 1.82) is 5.26 Å². The van der Waals surface area contributed by atoms with E-state index in [1.165, 1.54) is 0 Å². The first-order valence-electron chi connectivity index (χ1n) is 5.92. The van der Waals surface area contributed by atoms with Crippen LogP contribution in [0.1, 0.15) is 19.4 Å². The molecule has 0 N–H and O–H groups in total. The van der Waals surface area contributed by atoms with E-state index in [-0.39, 0.29) is 0 Å². The third-order valence-electron chi connectivity index (χ3n) is 2.80. The third-order valence-corrected chi connectivity index (χ3v) is 2.80. The molecule has 0 aromatic heterocycles. The van der Waals surface area contributed by atoms with E-state index in [9.17, 15) is 0 Å². The highest BCUT2D eigenvalue weighted by atomic mass is 16.5. The predicted molar refractivity (Wildman–Crippen MR) is 69.0 cm³/mol. The van der Waals surface area contributed by atoms with Crippen LogP contribution in [-0.4, -0.2) is 31.1 Å². The zero-order valence-corrected chi connectivity index (χ0v) is 10.8. The van der Waals surface area contributed by atoms with Gasteiger partial charge in [0.2, 0.25) is 0 Å². The van der Waals surface area contributed by atoms with Crippen LogP contribution in [0.2, 0.25) is 0 Å². The normalized spacial score (nSPS) is 10.6. The topological polar surface area (TPSA) is 36.3 Å². The average Bonchev–Trinajstić information content (AvgIpc) is 2.31. The molecule has 0 fully saturated rings. The number of hydrogen-bond donors (Lipinski definition) is 0. The van der Waals surface area contributed by atoms with Gasteiger partial charge in [0.1, 0.15) is 12.4 Å². The van der Waals surface area contributed by atoms with Crippen LogP contribution in [0, 0.1) is 11.3 Å². The molecule has 0 heterocycles. The molecule has 0 aliphatic carbocycles. The molecule has 0 spiro atoms. The van der Waals surface area contributed by atoms with Crippen LogP contribution in [0.15, 0.2) is 24.3 Å². The lowest BCUT2D eigenvalue weighted by Crippen LogP contribution is -2.30. The Morgan fingerprint density at radius 3 is 2.47 bits per heavy atom. The van der Waals surface area contributed by atoms with Gasteiger partial charge in [-0.15, -0.1) is 0 Å². The number of ether oxygens (including phenoxy) is 1. The maximum atomic E-state index is 8.56. The minimum absolute atomic E-state index is 0.455. The summed E-state index contributed by atoms with van der Waals surface area (Å²) >= 11 is 0. The molecule has 0 aliphatic rings. The van der Waals surface area contributed by atoms with Gasteiger partial charge in [-0.3, -0.25) is 0 Å². The molecule has 0 bridgehead atoms. The van der Waals surface area contributed by atoms with Crippen molar-refractivity contribution in [2.24, 2.45) is 0 Å². The van der Waals surface area contributed by atoms with Crippen molar-refractivity contribution in [3.63, 3.8) is 0 Å². The molecule has 0 aliphatic heterocycles. The van der Waals surface area contributed by atoms with Crippen molar-refractivity contribution in [3.8, 4) is 11.8 Å². The summed E-state index contributed by atoms with van der Waals surface area (Å²) in [5.74, 6) is 0.865. The first kappa shape index (κ1) is 13.5. The number of nitriles is 1. The molecule has 3 nitrogen and oxygen atoms in total. The summed E-state index contributed by atoms with van der Waals surface area (Å²) in [6.45, 7) is 5.93. The Bertz CT molecular complexity index is 365. The Kier molecular flexibility index (Phi) is 5.51. The molecular formula is C14H20N2O. The fourth-order valence-corrected chi connectivity index (χ4v) is 1.36. The largest absolute Gasteiger partial charge is 0.492 e. The number of benzene rings is 1. The van der Waals surface area contributed by atoms with Crippen molar-refractivity contribution in [2.75, 3.05) is 20.2 Å². The lowest BCUT2D eigenvalue weighted by molar-refractivity contribution is 0.208. The minimum atomic E-state index is 0.455. The fourth-order valence-electron chi connectivity index (χ4n) is 1.36. The smallest absolute Gasteiger partial charge is 0.119 e. The van der Waals surface area contributed by atoms with Crippen molar-refractivity contribution in [1.82, 2.24) is 4.90 Å². The second kappa shape index (κ2) is 6.93. The zero-order valence-electron chi connectivity index (χ0n) is 10.8. The quantitative estimate of drug-likeness (QED) is 0.756. The minimum Gasteiger partial charge on any atom is -0.492 e. The van der Waals surface area contributed by atoms with Crippen LogP contribution in [-0.2, 0) is 6.42 Å². The van der Waals surface area contributed by atoms with Crippen LogP contribution < -0.4 is 4.74 Å². The van der Waals surface area contributed by atoms with Crippen LogP contribution in [0.5, 0.6) is 5.75 Å². The van der Waals surface area contributed by atoms with E-state index < -0.39 is 0 Å². The molecule has 17 heavy (non-hydrogen) atoms. The SMILES string of the molecule is CC(C)N(C)CCOc1ccc(CC#N)cc1. The van der Waals surface area contributed by atoms with E-state index in [1.54, 1.807) is 0 Å². The molecule has 0 saturated heterocycles. The average molecular weight is 232 g/mol. The fraction of sp³-hybridized carbons (Fsp3) is 0.500. The standard InChI is InChI=1S/C14H20N2O/c1-12(2)16(3)10-11-17-14-6-4-13(5-7-14)8-9-15/h4-7,12H,8,10-11H2,1-3H3. The van der Waals surface area contributed by atoms with Gasteiger partial charge in [0.25, 0.3) is 0 Å². The molecule has 0 saturated carbocycles. The molecular weight excluding hydrogens is 212 g/mol. The third kappa shape index (κ3) is 4.88. The van der Waals surface area contributed by atoms with Gasteiger partial charge in [-0.25, -0.2) is 0 Å². The summed E-state index contributed by atoms with van der Waals surface area (Å²) in [7, 11) is 2.09. The first-order valence-corrected chi connectivity index (χ1v) is 5.92. The Morgan fingerprint density at radius 1 is 1.29 bits per heavy atom. The van der Waals surface area contributed by atoms with Crippen LogP contribution in [0.3, 0.4) is 0 Å². The highest BCUT2D eigenvalue weighted by molar-refractivity contribution is 5.28. The monoisotopic (exact) mass is 232 g/mol. The van der Waals surface area contributed by atoms with Gasteiger partial charge in [-0.2, -0.15) is 5.26 Å². The van der Waals surface area contributed by atoms with Gasteiger partial charge in [-0.1, -0.05) is 12.1 Å². The van der Waals surface area contributed by atoms with E-state index in [0.29, 0.717) is 19.1 Å². The highest BCUT2D eigenvalue weighted by Gasteiger charge is 2.02. The van der Waals surface area contributed by atoms with Crippen molar-refractivity contribution < 1.29 is 4.74 Å². The Hall–Kier alpha value is -1.53. The molecule has 0 atom stereocenters. The van der Waals surface area contributed by atoms with Crippen LogP contribution >= 0.6 is 0 Å². The molecule has 1 rings (SSSR count). The van der Waals surface area contributed by atoms with Gasteiger partial charge in [-0.05, 0) is 38.6 Å². The van der Waals surface area contributed by atoms with Crippen LogP contribution in [0.25, 0.3) is 0 Å². The van der Waals surface area contributed by atoms with Gasteiger partial charge in [0.05, 0.1) is 12.5 Å². The Balaban J connectivity index is 2.35. The Morgan fingerprint density at radius 2 is 1.94 bits per heavy atom. The summed E-state index contributed by atoms with van der Waals surface area (Å²) in [5, 5.41) is 8.56. The summed E-state index contributed by atoms with van der Waals surface area (Å²) in [6.07, 6.45) is 0.455. The zero-order chi connectivity index (χ0) is 12.7. The van der Waals surface area contributed by atoms with Gasteiger partial charge in [0, 0.05) is 12.6 Å². The van der Waals surface area contributed by atoms with Crippen molar-refractivity contribution in [3.05, 3.63) is 29.8 Å². The maximum absolute atomic E-state index is 8.56. The molecule has 3 heteroatoms. The lowest BCUT2D eigenvalue weighted by atomic mass is 10.2. The summed E-state index contributed by atoms with van der Waals surface area (Å²) in [6, 6.07) is 10.4. The van der Waals surface area contributed by atoms with Crippen molar-refractivity contribution in [2.45, 2.75) is 26.3 Å². The summed E-state index contributed by atoms with van der Waals surface area (Å²) in [4.78, 5) is 2.24. The van der Waals surface area contributed by atoms with Gasteiger partial charge < -0.3 is 9.64 Å². The summed E-state index contributed by atoms with van der Waals surface area (Å²) in [5.41, 5.74) is 1.03.